The third kappa shape index (κ3) is 4.68. The minimum Gasteiger partial charge on any atom is -0.497 e. The van der Waals surface area contributed by atoms with Crippen molar-refractivity contribution in [3.8, 4) is 5.75 Å². The van der Waals surface area contributed by atoms with Gasteiger partial charge in [0.05, 0.1) is 30.4 Å². The van der Waals surface area contributed by atoms with Crippen LogP contribution in [0, 0.1) is 0 Å². The number of hydrogen-bond donors (Lipinski definition) is 2. The maximum absolute atomic E-state index is 13.7. The van der Waals surface area contributed by atoms with Crippen molar-refractivity contribution in [2.45, 2.75) is 12.7 Å². The van der Waals surface area contributed by atoms with Crippen molar-refractivity contribution in [1.29, 1.82) is 0 Å². The first-order valence-electron chi connectivity index (χ1n) is 9.94. The molecule has 4 aromatic rings. The summed E-state index contributed by atoms with van der Waals surface area (Å²) in [6.45, 7) is 0.0347. The fourth-order valence-corrected chi connectivity index (χ4v) is 3.40. The predicted octanol–water partition coefficient (Wildman–Crippen LogP) is 3.86. The zero-order valence-electron chi connectivity index (χ0n) is 17.8. The third-order valence-corrected chi connectivity index (χ3v) is 5.00. The van der Waals surface area contributed by atoms with E-state index in [2.05, 4.69) is 15.4 Å². The first kappa shape index (κ1) is 22.8. The van der Waals surface area contributed by atoms with Gasteiger partial charge in [-0.15, -0.1) is 0 Å². The van der Waals surface area contributed by atoms with E-state index in [0.717, 1.165) is 16.9 Å². The number of nitrogens with one attached hydrogen (secondary N) is 1. The average molecular weight is 469 g/mol. The van der Waals surface area contributed by atoms with Gasteiger partial charge in [-0.1, -0.05) is 30.3 Å². The van der Waals surface area contributed by atoms with Crippen LogP contribution in [0.15, 0.2) is 60.8 Å². The summed E-state index contributed by atoms with van der Waals surface area (Å²) < 4.78 is 47.1. The average Bonchev–Trinajstić information content (AvgIpc) is 3.21. The molecule has 0 atom stereocenters. The number of aromatic nitrogens is 3. The summed E-state index contributed by atoms with van der Waals surface area (Å²) in [7, 11) is 1.51. The Morgan fingerprint density at radius 2 is 1.82 bits per heavy atom. The molecular weight excluding hydrogens is 451 g/mol. The second kappa shape index (κ2) is 8.85. The summed E-state index contributed by atoms with van der Waals surface area (Å²) in [5.41, 5.74) is 4.28. The smallest absolute Gasteiger partial charge is 0.437 e. The molecule has 0 saturated heterocycles. The summed E-state index contributed by atoms with van der Waals surface area (Å²) in [5.74, 6) is -1.13. The Hall–Kier alpha value is -4.41. The molecule has 8 nitrogen and oxygen atoms in total. The van der Waals surface area contributed by atoms with Crippen LogP contribution in [0.4, 0.5) is 18.9 Å². The highest BCUT2D eigenvalue weighted by Crippen LogP contribution is 2.34. The third-order valence-electron chi connectivity index (χ3n) is 5.00. The molecule has 11 heteroatoms. The lowest BCUT2D eigenvalue weighted by Gasteiger charge is -2.10. The lowest BCUT2D eigenvalue weighted by molar-refractivity contribution is -0.140. The number of nitrogens with two attached hydrogens (primary N) is 1. The minimum absolute atomic E-state index is 0.0347. The van der Waals surface area contributed by atoms with Crippen LogP contribution in [0.25, 0.3) is 10.9 Å². The van der Waals surface area contributed by atoms with Crippen molar-refractivity contribution in [1.82, 2.24) is 14.8 Å². The van der Waals surface area contributed by atoms with Gasteiger partial charge in [0.2, 0.25) is 0 Å². The van der Waals surface area contributed by atoms with E-state index in [4.69, 9.17) is 10.5 Å². The van der Waals surface area contributed by atoms with Gasteiger partial charge in [0.1, 0.15) is 11.4 Å². The molecule has 0 spiro atoms. The van der Waals surface area contributed by atoms with Crippen molar-refractivity contribution in [2.24, 2.45) is 5.73 Å². The molecule has 0 fully saturated rings. The Labute approximate surface area is 191 Å². The predicted molar refractivity (Wildman–Crippen MR) is 118 cm³/mol. The van der Waals surface area contributed by atoms with E-state index in [1.165, 1.54) is 7.11 Å². The number of ether oxygens (including phenoxy) is 1. The molecule has 2 aromatic carbocycles. The van der Waals surface area contributed by atoms with Crippen LogP contribution in [0.3, 0.4) is 0 Å². The number of amides is 2. The van der Waals surface area contributed by atoms with Crippen LogP contribution in [0.5, 0.6) is 5.75 Å². The van der Waals surface area contributed by atoms with Crippen molar-refractivity contribution < 1.29 is 27.5 Å². The molecule has 3 N–H and O–H groups in total. The number of carbonyl (C=O) groups is 2. The zero-order valence-corrected chi connectivity index (χ0v) is 17.8. The van der Waals surface area contributed by atoms with E-state index in [9.17, 15) is 22.8 Å². The van der Waals surface area contributed by atoms with Gasteiger partial charge in [-0.2, -0.15) is 18.3 Å². The Bertz CT molecular complexity index is 1380. The number of hydrogen-bond acceptors (Lipinski definition) is 5. The van der Waals surface area contributed by atoms with Crippen molar-refractivity contribution in [2.75, 3.05) is 12.4 Å². The van der Waals surface area contributed by atoms with Crippen molar-refractivity contribution >= 4 is 28.4 Å². The van der Waals surface area contributed by atoms with E-state index < -0.39 is 29.4 Å². The van der Waals surface area contributed by atoms with Gasteiger partial charge in [-0.3, -0.25) is 14.3 Å². The van der Waals surface area contributed by atoms with Gasteiger partial charge in [-0.05, 0) is 29.8 Å². The van der Waals surface area contributed by atoms with Crippen LogP contribution in [0.1, 0.15) is 32.1 Å². The number of alkyl halides is 3. The van der Waals surface area contributed by atoms with Crippen LogP contribution in [-0.4, -0.2) is 33.7 Å². The molecule has 2 aromatic heterocycles. The van der Waals surface area contributed by atoms with Crippen LogP contribution in [-0.2, 0) is 12.7 Å². The number of rotatable bonds is 6. The summed E-state index contributed by atoms with van der Waals surface area (Å²) in [4.78, 5) is 28.7. The van der Waals surface area contributed by atoms with E-state index in [1.54, 1.807) is 48.5 Å². The van der Waals surface area contributed by atoms with Gasteiger partial charge >= 0.3 is 6.18 Å². The highest BCUT2D eigenvalue weighted by atomic mass is 19.4. The summed E-state index contributed by atoms with van der Waals surface area (Å²) in [6, 6.07) is 14.3. The monoisotopic (exact) mass is 469 g/mol. The Balaban J connectivity index is 1.69. The summed E-state index contributed by atoms with van der Waals surface area (Å²) >= 11 is 0. The lowest BCUT2D eigenvalue weighted by Crippen LogP contribution is -2.19. The number of fused-ring (bicyclic) bond motifs is 1. The van der Waals surface area contributed by atoms with Crippen LogP contribution in [0.2, 0.25) is 0 Å². The van der Waals surface area contributed by atoms with Gasteiger partial charge < -0.3 is 15.8 Å². The SMILES string of the molecule is COc1ccc(Cn2cc(NC(=O)c3cc(C(N)=O)nc4ccccc34)c(C(F)(F)F)n2)cc1. The number of anilines is 1. The molecule has 0 unspecified atom stereocenters. The molecule has 0 bridgehead atoms. The quantitative estimate of drug-likeness (QED) is 0.445. The number of nitrogens with zero attached hydrogens (tertiary/aromatic N) is 3. The van der Waals surface area contributed by atoms with Crippen molar-refractivity contribution in [3.05, 3.63) is 83.3 Å². The van der Waals surface area contributed by atoms with Gasteiger partial charge in [0.15, 0.2) is 5.69 Å². The van der Waals surface area contributed by atoms with Gasteiger partial charge in [0.25, 0.3) is 11.8 Å². The minimum atomic E-state index is -4.81. The molecule has 2 amide bonds. The normalized spacial score (nSPS) is 11.4. The highest BCUT2D eigenvalue weighted by Gasteiger charge is 2.38. The molecule has 2 heterocycles. The topological polar surface area (TPSA) is 112 Å². The molecule has 174 valence electrons. The lowest BCUT2D eigenvalue weighted by atomic mass is 10.1. The molecule has 4 rings (SSSR count). The summed E-state index contributed by atoms with van der Waals surface area (Å²) in [5, 5.41) is 6.26. The second-order valence-corrected chi connectivity index (χ2v) is 7.33. The maximum Gasteiger partial charge on any atom is 0.437 e. The number of primary amides is 1. The molecule has 0 saturated carbocycles. The maximum atomic E-state index is 13.7. The number of carbonyl (C=O) groups excluding carboxylic acids is 2. The molecule has 0 aliphatic carbocycles. The standard InChI is InChI=1S/C23H18F3N5O3/c1-34-14-8-6-13(7-9-14)11-31-12-19(20(30-31)23(24,25)26)29-22(33)16-10-18(21(27)32)28-17-5-3-2-4-15(16)17/h2-10,12H,11H2,1H3,(H2,27,32)(H,29,33). The second-order valence-electron chi connectivity index (χ2n) is 7.33. The molecule has 34 heavy (non-hydrogen) atoms. The molecule has 0 aliphatic rings. The number of benzene rings is 2. The first-order valence-corrected chi connectivity index (χ1v) is 9.94. The summed E-state index contributed by atoms with van der Waals surface area (Å²) in [6.07, 6.45) is -3.71. The van der Waals surface area contributed by atoms with Crippen molar-refractivity contribution in [3.63, 3.8) is 0 Å². The van der Waals surface area contributed by atoms with E-state index in [0.29, 0.717) is 22.2 Å². The molecule has 0 aliphatic heterocycles. The largest absolute Gasteiger partial charge is 0.497 e. The Kier molecular flexibility index (Phi) is 5.93. The fraction of sp³-hybridized carbons (Fsp3) is 0.130. The number of pyridine rings is 1. The fourth-order valence-electron chi connectivity index (χ4n) is 3.40. The van der Waals surface area contributed by atoms with E-state index in [-0.39, 0.29) is 17.8 Å². The Morgan fingerprint density at radius 1 is 1.12 bits per heavy atom. The van der Waals surface area contributed by atoms with Gasteiger partial charge in [0, 0.05) is 11.6 Å². The number of methoxy groups -OCH3 is 1. The number of para-hydroxylation sites is 1. The molecular formula is C23H18F3N5O3. The Morgan fingerprint density at radius 3 is 2.47 bits per heavy atom. The molecule has 0 radical (unpaired) electrons. The van der Waals surface area contributed by atoms with Gasteiger partial charge in [-0.25, -0.2) is 4.98 Å². The number of halogens is 3. The van der Waals surface area contributed by atoms with Crippen LogP contribution >= 0.6 is 0 Å². The zero-order chi connectivity index (χ0) is 24.5. The van der Waals surface area contributed by atoms with E-state index >= 15 is 0 Å². The first-order chi connectivity index (χ1) is 16.2. The van der Waals surface area contributed by atoms with E-state index in [1.807, 2.05) is 0 Å². The van der Waals surface area contributed by atoms with Crippen LogP contribution < -0.4 is 15.8 Å². The highest BCUT2D eigenvalue weighted by molar-refractivity contribution is 6.13.